The summed E-state index contributed by atoms with van der Waals surface area (Å²) in [6.45, 7) is 0.330. The molecule has 0 spiro atoms. The molecule has 1 saturated heterocycles. The Kier molecular flexibility index (Phi) is 6.08. The molecule has 1 aromatic heterocycles. The summed E-state index contributed by atoms with van der Waals surface area (Å²) < 4.78 is 38.9. The number of rotatable bonds is 6. The highest BCUT2D eigenvalue weighted by Gasteiger charge is 2.36. The number of para-hydroxylation sites is 1. The Hall–Kier alpha value is -3.82. The number of amides is 3. The van der Waals surface area contributed by atoms with Crippen molar-refractivity contribution < 1.29 is 27.6 Å². The summed E-state index contributed by atoms with van der Waals surface area (Å²) >= 11 is 0. The molecule has 172 valence electrons. The zero-order valence-electron chi connectivity index (χ0n) is 17.4. The van der Waals surface area contributed by atoms with Crippen molar-refractivity contribution in [2.24, 2.45) is 5.92 Å². The second kappa shape index (κ2) is 8.97. The maximum atomic E-state index is 13.0. The number of aromatic nitrogens is 1. The fourth-order valence-corrected chi connectivity index (χ4v) is 3.84. The third-order valence-electron chi connectivity index (χ3n) is 5.52. The summed E-state index contributed by atoms with van der Waals surface area (Å²) in [5, 5.41) is 6.19. The molecule has 33 heavy (non-hydrogen) atoms. The third kappa shape index (κ3) is 4.84. The SMILES string of the molecule is O=C(NCCNC(=O)[C@@H]1CC(=O)N(c2cccc(C(F)(F)F)c2)C1)c1c[nH]c2ccccc12. The first kappa shape index (κ1) is 22.4. The molecule has 4 rings (SSSR count). The quantitative estimate of drug-likeness (QED) is 0.496. The van der Waals surface area contributed by atoms with Gasteiger partial charge < -0.3 is 20.5 Å². The molecule has 1 atom stereocenters. The molecule has 7 nitrogen and oxygen atoms in total. The number of carbonyl (C=O) groups excluding carboxylic acids is 3. The van der Waals surface area contributed by atoms with Crippen molar-refractivity contribution >= 4 is 34.3 Å². The summed E-state index contributed by atoms with van der Waals surface area (Å²) in [5.41, 5.74) is 0.588. The van der Waals surface area contributed by atoms with Crippen LogP contribution in [0.2, 0.25) is 0 Å². The van der Waals surface area contributed by atoms with E-state index in [0.717, 1.165) is 23.0 Å². The van der Waals surface area contributed by atoms with Gasteiger partial charge in [-0.15, -0.1) is 0 Å². The van der Waals surface area contributed by atoms with Crippen LogP contribution in [0.5, 0.6) is 0 Å². The van der Waals surface area contributed by atoms with Crippen molar-refractivity contribution in [3.05, 3.63) is 65.9 Å². The molecule has 0 bridgehead atoms. The number of benzene rings is 2. The molecule has 2 heterocycles. The predicted octanol–water partition coefficient (Wildman–Crippen LogP) is 3.09. The number of H-pyrrole nitrogens is 1. The van der Waals surface area contributed by atoms with Gasteiger partial charge in [0.05, 0.1) is 17.0 Å². The molecule has 1 fully saturated rings. The van der Waals surface area contributed by atoms with Gasteiger partial charge in [0.15, 0.2) is 0 Å². The van der Waals surface area contributed by atoms with Crippen LogP contribution in [-0.4, -0.2) is 42.3 Å². The molecule has 1 aliphatic heterocycles. The molecule has 3 aromatic rings. The zero-order chi connectivity index (χ0) is 23.6. The molecule has 10 heteroatoms. The van der Waals surface area contributed by atoms with E-state index in [1.807, 2.05) is 24.3 Å². The summed E-state index contributed by atoms with van der Waals surface area (Å²) in [6, 6.07) is 11.9. The number of anilines is 1. The largest absolute Gasteiger partial charge is 0.416 e. The summed E-state index contributed by atoms with van der Waals surface area (Å²) in [4.78, 5) is 41.4. The fourth-order valence-electron chi connectivity index (χ4n) is 3.84. The van der Waals surface area contributed by atoms with Crippen LogP contribution in [0.25, 0.3) is 10.9 Å². The number of hydrogen-bond acceptors (Lipinski definition) is 3. The Morgan fingerprint density at radius 2 is 1.82 bits per heavy atom. The van der Waals surface area contributed by atoms with E-state index in [0.29, 0.717) is 5.56 Å². The van der Waals surface area contributed by atoms with Crippen LogP contribution >= 0.6 is 0 Å². The Morgan fingerprint density at radius 1 is 1.06 bits per heavy atom. The van der Waals surface area contributed by atoms with Crippen LogP contribution in [0.4, 0.5) is 18.9 Å². The van der Waals surface area contributed by atoms with E-state index < -0.39 is 23.6 Å². The van der Waals surface area contributed by atoms with E-state index in [4.69, 9.17) is 0 Å². The van der Waals surface area contributed by atoms with E-state index in [-0.39, 0.29) is 43.6 Å². The van der Waals surface area contributed by atoms with Gasteiger partial charge in [0, 0.05) is 48.8 Å². The van der Waals surface area contributed by atoms with Gasteiger partial charge in [-0.2, -0.15) is 13.2 Å². The summed E-state index contributed by atoms with van der Waals surface area (Å²) in [6.07, 6.45) is -3.00. The molecule has 0 radical (unpaired) electrons. The topological polar surface area (TPSA) is 94.3 Å². The number of nitrogens with zero attached hydrogens (tertiary/aromatic N) is 1. The maximum Gasteiger partial charge on any atom is 0.416 e. The molecule has 0 aliphatic carbocycles. The lowest BCUT2D eigenvalue weighted by atomic mass is 10.1. The fraction of sp³-hybridized carbons (Fsp3) is 0.261. The Bertz CT molecular complexity index is 1200. The minimum atomic E-state index is -4.52. The Labute approximate surface area is 186 Å². The molecule has 0 unspecified atom stereocenters. The van der Waals surface area contributed by atoms with Crippen LogP contribution < -0.4 is 15.5 Å². The zero-order valence-corrected chi connectivity index (χ0v) is 17.4. The number of halogens is 3. The van der Waals surface area contributed by atoms with Gasteiger partial charge in [-0.1, -0.05) is 24.3 Å². The average Bonchev–Trinajstić information content (AvgIpc) is 3.40. The van der Waals surface area contributed by atoms with E-state index in [9.17, 15) is 27.6 Å². The van der Waals surface area contributed by atoms with E-state index in [2.05, 4.69) is 15.6 Å². The van der Waals surface area contributed by atoms with Crippen LogP contribution in [0.1, 0.15) is 22.3 Å². The minimum absolute atomic E-state index is 0.00627. The molecule has 3 amide bonds. The van der Waals surface area contributed by atoms with Crippen molar-refractivity contribution in [1.29, 1.82) is 0 Å². The van der Waals surface area contributed by atoms with Crippen LogP contribution in [-0.2, 0) is 15.8 Å². The minimum Gasteiger partial charge on any atom is -0.360 e. The molecule has 1 aliphatic rings. The monoisotopic (exact) mass is 458 g/mol. The molecule has 0 saturated carbocycles. The predicted molar refractivity (Wildman–Crippen MR) is 116 cm³/mol. The number of hydrogen-bond donors (Lipinski definition) is 3. The Balaban J connectivity index is 1.28. The van der Waals surface area contributed by atoms with Gasteiger partial charge in [-0.05, 0) is 24.3 Å². The van der Waals surface area contributed by atoms with Gasteiger partial charge in [0.1, 0.15) is 0 Å². The van der Waals surface area contributed by atoms with Crippen molar-refractivity contribution in [2.45, 2.75) is 12.6 Å². The van der Waals surface area contributed by atoms with E-state index >= 15 is 0 Å². The first-order valence-electron chi connectivity index (χ1n) is 10.3. The Morgan fingerprint density at radius 3 is 2.61 bits per heavy atom. The highest BCUT2D eigenvalue weighted by Crippen LogP contribution is 2.33. The maximum absolute atomic E-state index is 13.0. The van der Waals surface area contributed by atoms with Crippen molar-refractivity contribution in [3.8, 4) is 0 Å². The normalized spacial score (nSPS) is 16.3. The number of alkyl halides is 3. The number of aromatic amines is 1. The van der Waals surface area contributed by atoms with Gasteiger partial charge >= 0.3 is 6.18 Å². The van der Waals surface area contributed by atoms with Gasteiger partial charge in [-0.25, -0.2) is 0 Å². The lowest BCUT2D eigenvalue weighted by Gasteiger charge is -2.18. The van der Waals surface area contributed by atoms with Crippen LogP contribution in [0, 0.1) is 5.92 Å². The number of carbonyl (C=O) groups is 3. The molecular weight excluding hydrogens is 437 g/mol. The van der Waals surface area contributed by atoms with E-state index in [1.165, 1.54) is 17.0 Å². The highest BCUT2D eigenvalue weighted by atomic mass is 19.4. The smallest absolute Gasteiger partial charge is 0.360 e. The van der Waals surface area contributed by atoms with Crippen molar-refractivity contribution in [2.75, 3.05) is 24.5 Å². The van der Waals surface area contributed by atoms with Crippen molar-refractivity contribution in [1.82, 2.24) is 15.6 Å². The first-order chi connectivity index (χ1) is 15.7. The second-order valence-electron chi connectivity index (χ2n) is 7.75. The third-order valence-corrected chi connectivity index (χ3v) is 5.52. The van der Waals surface area contributed by atoms with Gasteiger partial charge in [-0.3, -0.25) is 14.4 Å². The summed E-state index contributed by atoms with van der Waals surface area (Å²) in [7, 11) is 0. The average molecular weight is 458 g/mol. The van der Waals surface area contributed by atoms with Crippen LogP contribution in [0.3, 0.4) is 0 Å². The van der Waals surface area contributed by atoms with Gasteiger partial charge in [0.2, 0.25) is 11.8 Å². The van der Waals surface area contributed by atoms with Crippen LogP contribution in [0.15, 0.2) is 54.7 Å². The second-order valence-corrected chi connectivity index (χ2v) is 7.75. The molecule has 2 aromatic carbocycles. The lowest BCUT2D eigenvalue weighted by molar-refractivity contribution is -0.137. The lowest BCUT2D eigenvalue weighted by Crippen LogP contribution is -2.38. The standard InChI is InChI=1S/C23H21F3N4O3/c24-23(25,26)15-4-3-5-16(11-15)30-13-14(10-20(30)31)21(32)27-8-9-28-22(33)18-12-29-19-7-2-1-6-17(18)19/h1-7,11-12,14,29H,8-10,13H2,(H,27,32)(H,28,33)/t14-/m1/s1. The first-order valence-corrected chi connectivity index (χ1v) is 10.3. The summed E-state index contributed by atoms with van der Waals surface area (Å²) in [5.74, 6) is -1.77. The number of nitrogens with one attached hydrogen (secondary N) is 3. The molecule has 3 N–H and O–H groups in total. The molecular formula is C23H21F3N4O3. The van der Waals surface area contributed by atoms with E-state index in [1.54, 1.807) is 6.20 Å². The number of fused-ring (bicyclic) bond motifs is 1. The van der Waals surface area contributed by atoms with Crippen molar-refractivity contribution in [3.63, 3.8) is 0 Å². The van der Waals surface area contributed by atoms with Gasteiger partial charge in [0.25, 0.3) is 5.91 Å². The highest BCUT2D eigenvalue weighted by molar-refractivity contribution is 6.06.